The molecule has 21 heavy (non-hydrogen) atoms. The lowest BCUT2D eigenvalue weighted by Gasteiger charge is -2.11. The van der Waals surface area contributed by atoms with Crippen LogP contribution in [0.25, 0.3) is 0 Å². The zero-order valence-corrected chi connectivity index (χ0v) is 12.9. The molecule has 1 aromatic carbocycles. The van der Waals surface area contributed by atoms with Gasteiger partial charge in [-0.1, -0.05) is 18.2 Å². The zero-order valence-electron chi connectivity index (χ0n) is 12.9. The third kappa shape index (κ3) is 6.97. The Morgan fingerprint density at radius 1 is 1.33 bits per heavy atom. The van der Waals surface area contributed by atoms with Crippen molar-refractivity contribution >= 4 is 5.96 Å². The van der Waals surface area contributed by atoms with Crippen molar-refractivity contribution in [2.75, 3.05) is 33.4 Å². The Bertz CT molecular complexity index is 424. The number of nitrogens with zero attached hydrogens (tertiary/aromatic N) is 1. The number of rotatable bonds is 9. The molecule has 0 aliphatic rings. The number of para-hydroxylation sites is 1. The summed E-state index contributed by atoms with van der Waals surface area (Å²) in [6.07, 6.45) is 1.72. The maximum absolute atomic E-state index is 5.45. The Morgan fingerprint density at radius 2 is 2.14 bits per heavy atom. The normalized spacial score (nSPS) is 11.3. The summed E-state index contributed by atoms with van der Waals surface area (Å²) < 4.78 is 10.6. The van der Waals surface area contributed by atoms with Gasteiger partial charge in [-0.25, -0.2) is 5.84 Å². The van der Waals surface area contributed by atoms with Crippen molar-refractivity contribution in [3.05, 3.63) is 29.8 Å². The number of nitrogens with two attached hydrogens (primary N) is 1. The number of methoxy groups -OCH3 is 1. The van der Waals surface area contributed by atoms with Crippen molar-refractivity contribution in [2.45, 2.75) is 19.8 Å². The Hall–Kier alpha value is -1.79. The third-order valence-corrected chi connectivity index (χ3v) is 2.94. The van der Waals surface area contributed by atoms with Crippen LogP contribution in [-0.2, 0) is 11.2 Å². The van der Waals surface area contributed by atoms with Crippen LogP contribution in [0.4, 0.5) is 0 Å². The number of benzene rings is 1. The van der Waals surface area contributed by atoms with E-state index < -0.39 is 0 Å². The Morgan fingerprint density at radius 3 is 2.86 bits per heavy atom. The highest BCUT2D eigenvalue weighted by atomic mass is 16.5. The van der Waals surface area contributed by atoms with Crippen LogP contribution in [0.5, 0.6) is 5.75 Å². The lowest BCUT2D eigenvalue weighted by molar-refractivity contribution is 0.146. The van der Waals surface area contributed by atoms with Gasteiger partial charge in [-0.2, -0.15) is 0 Å². The third-order valence-electron chi connectivity index (χ3n) is 2.94. The highest BCUT2D eigenvalue weighted by molar-refractivity contribution is 5.79. The molecule has 0 fully saturated rings. The van der Waals surface area contributed by atoms with Gasteiger partial charge in [0.05, 0.1) is 7.11 Å². The van der Waals surface area contributed by atoms with Crippen LogP contribution in [0, 0.1) is 0 Å². The summed E-state index contributed by atoms with van der Waals surface area (Å²) in [6.45, 7) is 4.85. The summed E-state index contributed by atoms with van der Waals surface area (Å²) in [5.74, 6) is 6.95. The van der Waals surface area contributed by atoms with Crippen molar-refractivity contribution in [3.63, 3.8) is 0 Å². The van der Waals surface area contributed by atoms with Gasteiger partial charge in [0.2, 0.25) is 5.96 Å². The summed E-state index contributed by atoms with van der Waals surface area (Å²) in [5, 5.41) is 3.18. The summed E-state index contributed by atoms with van der Waals surface area (Å²) in [5.41, 5.74) is 3.73. The summed E-state index contributed by atoms with van der Waals surface area (Å²) in [7, 11) is 1.68. The van der Waals surface area contributed by atoms with Crippen LogP contribution in [0.3, 0.4) is 0 Å². The predicted molar refractivity (Wildman–Crippen MR) is 85.4 cm³/mol. The molecule has 1 rings (SSSR count). The van der Waals surface area contributed by atoms with Crippen LogP contribution in [0.15, 0.2) is 29.3 Å². The van der Waals surface area contributed by atoms with E-state index in [9.17, 15) is 0 Å². The topological polar surface area (TPSA) is 80.9 Å². The lowest BCUT2D eigenvalue weighted by atomic mass is 10.1. The summed E-state index contributed by atoms with van der Waals surface area (Å²) >= 11 is 0. The number of hydrogen-bond donors (Lipinski definition) is 3. The van der Waals surface area contributed by atoms with E-state index in [4.69, 9.17) is 15.3 Å². The van der Waals surface area contributed by atoms with Crippen LogP contribution in [-0.4, -0.2) is 39.4 Å². The molecule has 118 valence electrons. The molecule has 0 aromatic heterocycles. The second-order valence-electron chi connectivity index (χ2n) is 4.41. The van der Waals surface area contributed by atoms with Crippen molar-refractivity contribution < 1.29 is 9.47 Å². The average molecular weight is 294 g/mol. The second kappa shape index (κ2) is 10.9. The van der Waals surface area contributed by atoms with Crippen molar-refractivity contribution in [1.29, 1.82) is 0 Å². The van der Waals surface area contributed by atoms with E-state index in [0.717, 1.165) is 43.9 Å². The van der Waals surface area contributed by atoms with E-state index >= 15 is 0 Å². The van der Waals surface area contributed by atoms with Gasteiger partial charge in [0.25, 0.3) is 0 Å². The van der Waals surface area contributed by atoms with E-state index in [1.165, 1.54) is 0 Å². The monoisotopic (exact) mass is 294 g/mol. The van der Waals surface area contributed by atoms with Crippen LogP contribution < -0.4 is 21.3 Å². The number of hydrazine groups is 1. The van der Waals surface area contributed by atoms with Gasteiger partial charge in [0.15, 0.2) is 0 Å². The number of nitrogens with one attached hydrogen (secondary N) is 2. The fourth-order valence-electron chi connectivity index (χ4n) is 1.88. The molecule has 0 aliphatic carbocycles. The van der Waals surface area contributed by atoms with Crippen LogP contribution >= 0.6 is 0 Å². The van der Waals surface area contributed by atoms with Crippen molar-refractivity contribution in [1.82, 2.24) is 10.7 Å². The molecule has 0 saturated heterocycles. The second-order valence-corrected chi connectivity index (χ2v) is 4.41. The molecule has 0 spiro atoms. The smallest absolute Gasteiger partial charge is 0.205 e. The minimum Gasteiger partial charge on any atom is -0.496 e. The van der Waals surface area contributed by atoms with E-state index in [0.29, 0.717) is 12.5 Å². The lowest BCUT2D eigenvalue weighted by Crippen LogP contribution is -2.42. The Kier molecular flexibility index (Phi) is 8.99. The Balaban J connectivity index is 2.32. The van der Waals surface area contributed by atoms with Gasteiger partial charge < -0.3 is 14.8 Å². The van der Waals surface area contributed by atoms with Gasteiger partial charge in [-0.05, 0) is 31.4 Å². The standard InChI is InChI=1S/C15H26N4O2/c1-3-21-12-6-10-17-15(19-16)18-11-9-13-7-4-5-8-14(13)20-2/h4-5,7-8H,3,6,9-12,16H2,1-2H3,(H2,17,18,19). The van der Waals surface area contributed by atoms with E-state index in [2.05, 4.69) is 21.8 Å². The fraction of sp³-hybridized carbons (Fsp3) is 0.533. The maximum Gasteiger partial charge on any atom is 0.205 e. The average Bonchev–Trinajstić information content (AvgIpc) is 2.53. The molecule has 1 aromatic rings. The molecule has 6 nitrogen and oxygen atoms in total. The number of ether oxygens (including phenoxy) is 2. The van der Waals surface area contributed by atoms with E-state index in [-0.39, 0.29) is 0 Å². The predicted octanol–water partition coefficient (Wildman–Crippen LogP) is 1.07. The highest BCUT2D eigenvalue weighted by Gasteiger charge is 2.02. The summed E-state index contributed by atoms with van der Waals surface area (Å²) in [4.78, 5) is 4.35. The van der Waals surface area contributed by atoms with Crippen LogP contribution in [0.1, 0.15) is 18.9 Å². The first-order valence-electron chi connectivity index (χ1n) is 7.26. The first-order valence-corrected chi connectivity index (χ1v) is 7.26. The summed E-state index contributed by atoms with van der Waals surface area (Å²) in [6, 6.07) is 7.97. The molecule has 0 heterocycles. The van der Waals surface area contributed by atoms with Crippen LogP contribution in [0.2, 0.25) is 0 Å². The molecular formula is C15H26N4O2. The molecule has 0 saturated carbocycles. The fourth-order valence-corrected chi connectivity index (χ4v) is 1.88. The van der Waals surface area contributed by atoms with Gasteiger partial charge >= 0.3 is 0 Å². The molecule has 0 bridgehead atoms. The number of aliphatic imine (C=N–C) groups is 1. The minimum absolute atomic E-state index is 0.599. The van der Waals surface area contributed by atoms with Crippen molar-refractivity contribution in [2.24, 2.45) is 10.8 Å². The highest BCUT2D eigenvalue weighted by Crippen LogP contribution is 2.17. The van der Waals surface area contributed by atoms with Gasteiger partial charge in [0, 0.05) is 26.3 Å². The first-order chi connectivity index (χ1) is 10.3. The quantitative estimate of drug-likeness (QED) is 0.209. The van der Waals surface area contributed by atoms with Gasteiger partial charge in [-0.3, -0.25) is 10.4 Å². The molecule has 0 radical (unpaired) electrons. The number of guanidine groups is 1. The molecule has 0 unspecified atom stereocenters. The zero-order chi connectivity index (χ0) is 15.3. The molecule has 0 aliphatic heterocycles. The number of hydrogen-bond acceptors (Lipinski definition) is 4. The SMILES string of the molecule is CCOCCCN=C(NN)NCCc1ccccc1OC. The minimum atomic E-state index is 0.599. The van der Waals surface area contributed by atoms with Gasteiger partial charge in [0.1, 0.15) is 5.75 Å². The Labute approximate surface area is 126 Å². The van der Waals surface area contributed by atoms with E-state index in [1.807, 2.05) is 25.1 Å². The van der Waals surface area contributed by atoms with E-state index in [1.54, 1.807) is 7.11 Å². The molecule has 0 atom stereocenters. The molecular weight excluding hydrogens is 268 g/mol. The molecule has 0 amide bonds. The maximum atomic E-state index is 5.45. The largest absolute Gasteiger partial charge is 0.496 e. The van der Waals surface area contributed by atoms with Crippen molar-refractivity contribution in [3.8, 4) is 5.75 Å². The van der Waals surface area contributed by atoms with Gasteiger partial charge in [-0.15, -0.1) is 0 Å². The molecule has 4 N–H and O–H groups in total. The molecule has 6 heteroatoms. The first kappa shape index (κ1) is 17.3.